The number of carboxylic acid groups (broad SMARTS) is 1. The minimum absolute atomic E-state index is 0.0200. The van der Waals surface area contributed by atoms with Crippen LogP contribution in [0.3, 0.4) is 0 Å². The second kappa shape index (κ2) is 7.02. The quantitative estimate of drug-likeness (QED) is 0.880. The van der Waals surface area contributed by atoms with Crippen molar-refractivity contribution in [3.8, 4) is 5.75 Å². The highest BCUT2D eigenvalue weighted by Crippen LogP contribution is 2.35. The standard InChI is InChI=1S/C17H16FNO3S/c18-13-3-1-2-11(8-13)10-22-14-6-4-12(5-7-14)16-19-9-15(23-16)17(20)21/h1-8,15-16,19H,9-10H2,(H,20,21)/t15-,16+/m0/s1. The van der Waals surface area contributed by atoms with Crippen molar-refractivity contribution >= 4 is 17.7 Å². The van der Waals surface area contributed by atoms with E-state index in [1.807, 2.05) is 30.3 Å². The van der Waals surface area contributed by atoms with E-state index in [1.54, 1.807) is 6.07 Å². The van der Waals surface area contributed by atoms with Crippen LogP contribution >= 0.6 is 11.8 Å². The molecule has 2 atom stereocenters. The van der Waals surface area contributed by atoms with Crippen LogP contribution in [0, 0.1) is 5.82 Å². The molecule has 0 amide bonds. The van der Waals surface area contributed by atoms with Gasteiger partial charge < -0.3 is 9.84 Å². The molecular weight excluding hydrogens is 317 g/mol. The molecule has 2 aromatic carbocycles. The Balaban J connectivity index is 1.58. The lowest BCUT2D eigenvalue weighted by Crippen LogP contribution is -2.21. The maximum absolute atomic E-state index is 13.1. The molecule has 6 heteroatoms. The Morgan fingerprint density at radius 3 is 2.74 bits per heavy atom. The van der Waals surface area contributed by atoms with E-state index in [9.17, 15) is 9.18 Å². The Morgan fingerprint density at radius 1 is 1.30 bits per heavy atom. The Kier molecular flexibility index (Phi) is 4.83. The highest BCUT2D eigenvalue weighted by Gasteiger charge is 2.30. The van der Waals surface area contributed by atoms with Gasteiger partial charge in [0, 0.05) is 6.54 Å². The summed E-state index contributed by atoms with van der Waals surface area (Å²) in [4.78, 5) is 11.0. The molecule has 1 fully saturated rings. The molecule has 0 bridgehead atoms. The molecule has 1 aliphatic rings. The maximum atomic E-state index is 13.1. The van der Waals surface area contributed by atoms with Crippen molar-refractivity contribution in [2.75, 3.05) is 6.54 Å². The van der Waals surface area contributed by atoms with Gasteiger partial charge in [0.25, 0.3) is 0 Å². The van der Waals surface area contributed by atoms with Crippen molar-refractivity contribution < 1.29 is 19.0 Å². The molecule has 23 heavy (non-hydrogen) atoms. The topological polar surface area (TPSA) is 58.6 Å². The third kappa shape index (κ3) is 4.03. The molecule has 0 unspecified atom stereocenters. The molecule has 0 aliphatic carbocycles. The fraction of sp³-hybridized carbons (Fsp3) is 0.235. The lowest BCUT2D eigenvalue weighted by atomic mass is 10.2. The largest absolute Gasteiger partial charge is 0.489 e. The maximum Gasteiger partial charge on any atom is 0.318 e. The Hall–Kier alpha value is -2.05. The van der Waals surface area contributed by atoms with Gasteiger partial charge in [0.1, 0.15) is 23.4 Å². The predicted octanol–water partition coefficient (Wildman–Crippen LogP) is 3.19. The van der Waals surface area contributed by atoms with Crippen LogP contribution in [0.15, 0.2) is 48.5 Å². The first-order chi connectivity index (χ1) is 11.1. The van der Waals surface area contributed by atoms with Gasteiger partial charge >= 0.3 is 5.97 Å². The lowest BCUT2D eigenvalue weighted by molar-refractivity contribution is -0.136. The van der Waals surface area contributed by atoms with E-state index in [1.165, 1.54) is 23.9 Å². The second-order valence-electron chi connectivity index (χ2n) is 5.24. The molecular formula is C17H16FNO3S. The summed E-state index contributed by atoms with van der Waals surface area (Å²) in [7, 11) is 0. The number of hydrogen-bond donors (Lipinski definition) is 2. The molecule has 2 N–H and O–H groups in total. The third-order valence-electron chi connectivity index (χ3n) is 3.54. The average molecular weight is 333 g/mol. The zero-order valence-electron chi connectivity index (χ0n) is 12.2. The average Bonchev–Trinajstić information content (AvgIpc) is 3.04. The van der Waals surface area contributed by atoms with Crippen molar-refractivity contribution in [1.29, 1.82) is 0 Å². The molecule has 1 saturated heterocycles. The smallest absolute Gasteiger partial charge is 0.318 e. The molecule has 0 radical (unpaired) electrons. The molecule has 0 aromatic heterocycles. The van der Waals surface area contributed by atoms with Crippen LogP contribution in [0.5, 0.6) is 5.75 Å². The number of carbonyl (C=O) groups is 1. The molecule has 0 saturated carbocycles. The molecule has 3 rings (SSSR count). The van der Waals surface area contributed by atoms with Crippen LogP contribution in [0.1, 0.15) is 16.5 Å². The van der Waals surface area contributed by atoms with E-state index >= 15 is 0 Å². The third-order valence-corrected chi connectivity index (χ3v) is 4.95. The van der Waals surface area contributed by atoms with Gasteiger partial charge in [0.15, 0.2) is 0 Å². The molecule has 2 aromatic rings. The summed E-state index contributed by atoms with van der Waals surface area (Å²) < 4.78 is 18.7. The van der Waals surface area contributed by atoms with Crippen LogP contribution in [0.25, 0.3) is 0 Å². The van der Waals surface area contributed by atoms with Gasteiger partial charge in [0.2, 0.25) is 0 Å². The number of thioether (sulfide) groups is 1. The summed E-state index contributed by atoms with van der Waals surface area (Å²) >= 11 is 1.40. The van der Waals surface area contributed by atoms with Crippen LogP contribution in [0.4, 0.5) is 4.39 Å². The lowest BCUT2D eigenvalue weighted by Gasteiger charge is -2.11. The summed E-state index contributed by atoms with van der Waals surface area (Å²) in [5, 5.41) is 11.8. The molecule has 120 valence electrons. The number of nitrogens with one attached hydrogen (secondary N) is 1. The fourth-order valence-electron chi connectivity index (χ4n) is 2.35. The highest BCUT2D eigenvalue weighted by atomic mass is 32.2. The molecule has 4 nitrogen and oxygen atoms in total. The van der Waals surface area contributed by atoms with E-state index in [0.717, 1.165) is 11.1 Å². The van der Waals surface area contributed by atoms with Gasteiger partial charge in [-0.2, -0.15) is 0 Å². The number of halogens is 1. The van der Waals surface area contributed by atoms with Crippen LogP contribution in [-0.4, -0.2) is 22.9 Å². The predicted molar refractivity (Wildman–Crippen MR) is 86.9 cm³/mol. The fourth-order valence-corrected chi connectivity index (χ4v) is 3.49. The van der Waals surface area contributed by atoms with E-state index in [-0.39, 0.29) is 11.2 Å². The first kappa shape index (κ1) is 15.8. The summed E-state index contributed by atoms with van der Waals surface area (Å²) in [6.07, 6.45) is 0. The first-order valence-corrected chi connectivity index (χ1v) is 8.15. The number of hydrogen-bond acceptors (Lipinski definition) is 4. The van der Waals surface area contributed by atoms with E-state index in [4.69, 9.17) is 9.84 Å². The number of rotatable bonds is 5. The Morgan fingerprint density at radius 2 is 2.09 bits per heavy atom. The number of aliphatic carboxylic acids is 1. The molecule has 0 spiro atoms. The minimum Gasteiger partial charge on any atom is -0.489 e. The number of carboxylic acids is 1. The second-order valence-corrected chi connectivity index (χ2v) is 6.55. The summed E-state index contributed by atoms with van der Waals surface area (Å²) in [5.41, 5.74) is 1.78. The van der Waals surface area contributed by atoms with Gasteiger partial charge in [-0.05, 0) is 35.4 Å². The number of benzene rings is 2. The van der Waals surface area contributed by atoms with Gasteiger partial charge in [-0.1, -0.05) is 24.3 Å². The normalized spacial score (nSPS) is 20.4. The molecule has 1 aliphatic heterocycles. The van der Waals surface area contributed by atoms with Gasteiger partial charge in [0.05, 0.1) is 5.37 Å². The summed E-state index contributed by atoms with van der Waals surface area (Å²) in [6.45, 7) is 0.761. The summed E-state index contributed by atoms with van der Waals surface area (Å²) in [6, 6.07) is 13.8. The van der Waals surface area contributed by atoms with Crippen molar-refractivity contribution in [2.24, 2.45) is 0 Å². The number of ether oxygens (including phenoxy) is 1. The highest BCUT2D eigenvalue weighted by molar-refractivity contribution is 8.01. The van der Waals surface area contributed by atoms with Crippen LogP contribution in [0.2, 0.25) is 0 Å². The van der Waals surface area contributed by atoms with E-state index < -0.39 is 11.2 Å². The van der Waals surface area contributed by atoms with E-state index in [0.29, 0.717) is 18.9 Å². The van der Waals surface area contributed by atoms with E-state index in [2.05, 4.69) is 5.32 Å². The SMILES string of the molecule is O=C(O)[C@@H]1CN[C@@H](c2ccc(OCc3cccc(F)c3)cc2)S1. The van der Waals surface area contributed by atoms with Crippen LogP contribution < -0.4 is 10.1 Å². The van der Waals surface area contributed by atoms with Crippen LogP contribution in [-0.2, 0) is 11.4 Å². The minimum atomic E-state index is -0.792. The van der Waals surface area contributed by atoms with Gasteiger partial charge in [-0.3, -0.25) is 10.1 Å². The van der Waals surface area contributed by atoms with Gasteiger partial charge in [-0.15, -0.1) is 11.8 Å². The Bertz CT molecular complexity index is 692. The summed E-state index contributed by atoms with van der Waals surface area (Å²) in [5.74, 6) is -0.380. The van der Waals surface area contributed by atoms with Crippen molar-refractivity contribution in [3.63, 3.8) is 0 Å². The molecule has 1 heterocycles. The van der Waals surface area contributed by atoms with Crippen molar-refractivity contribution in [2.45, 2.75) is 17.2 Å². The van der Waals surface area contributed by atoms with Gasteiger partial charge in [-0.25, -0.2) is 4.39 Å². The zero-order chi connectivity index (χ0) is 16.2. The first-order valence-electron chi connectivity index (χ1n) is 7.21. The Labute approximate surface area is 137 Å². The van der Waals surface area contributed by atoms with Crippen molar-refractivity contribution in [3.05, 3.63) is 65.5 Å². The monoisotopic (exact) mass is 333 g/mol. The zero-order valence-corrected chi connectivity index (χ0v) is 13.1. The van der Waals surface area contributed by atoms with Crippen molar-refractivity contribution in [1.82, 2.24) is 5.32 Å².